The summed E-state index contributed by atoms with van der Waals surface area (Å²) in [6, 6.07) is 14.0. The van der Waals surface area contributed by atoms with Gasteiger partial charge in [-0.2, -0.15) is 0 Å². The summed E-state index contributed by atoms with van der Waals surface area (Å²) in [5.74, 6) is -0.563. The van der Waals surface area contributed by atoms with Gasteiger partial charge in [0.2, 0.25) is 5.91 Å². The summed E-state index contributed by atoms with van der Waals surface area (Å²) < 4.78 is 28.4. The number of rotatable bonds is 7. The maximum absolute atomic E-state index is 13.5. The van der Waals surface area contributed by atoms with E-state index in [9.17, 15) is 13.2 Å². The van der Waals surface area contributed by atoms with Crippen molar-refractivity contribution in [2.75, 3.05) is 11.2 Å². The molecule has 0 aliphatic carbocycles. The summed E-state index contributed by atoms with van der Waals surface area (Å²) in [6.45, 7) is 3.95. The Bertz CT molecular complexity index is 1100. The first-order valence-electron chi connectivity index (χ1n) is 9.20. The summed E-state index contributed by atoms with van der Waals surface area (Å²) in [4.78, 5) is 12.2. The number of benzene rings is 2. The van der Waals surface area contributed by atoms with Gasteiger partial charge in [-0.1, -0.05) is 49.2 Å². The van der Waals surface area contributed by atoms with Gasteiger partial charge in [-0.15, -0.1) is 11.6 Å². The van der Waals surface area contributed by atoms with E-state index in [2.05, 4.69) is 5.32 Å². The summed E-state index contributed by atoms with van der Waals surface area (Å²) in [7, 11) is -3.83. The molecule has 5 nitrogen and oxygen atoms in total. The van der Waals surface area contributed by atoms with Crippen molar-refractivity contribution in [2.24, 2.45) is 0 Å². The second-order valence-electron chi connectivity index (χ2n) is 6.71. The highest BCUT2D eigenvalue weighted by Gasteiger charge is 2.27. The molecule has 0 fully saturated rings. The highest BCUT2D eigenvalue weighted by atomic mass is 35.5. The van der Waals surface area contributed by atoms with E-state index in [0.717, 1.165) is 18.4 Å². The zero-order valence-electron chi connectivity index (χ0n) is 15.9. The average Bonchev–Trinajstić information content (AvgIpc) is 3.00. The second kappa shape index (κ2) is 8.37. The number of aryl methyl sites for hydroxylation is 1. The Hall–Kier alpha value is -2.31. The molecule has 1 N–H and O–H groups in total. The molecule has 148 valence electrons. The molecule has 0 radical (unpaired) electrons. The number of halogens is 1. The molecule has 0 saturated heterocycles. The molecule has 3 aromatic rings. The van der Waals surface area contributed by atoms with E-state index in [1.54, 1.807) is 36.4 Å². The summed E-state index contributed by atoms with van der Waals surface area (Å²) >= 11 is 5.68. The minimum absolute atomic E-state index is 0.197. The molecule has 3 rings (SSSR count). The van der Waals surface area contributed by atoms with Crippen LogP contribution in [0.1, 0.15) is 31.0 Å². The molecule has 0 aliphatic heterocycles. The Kier molecular flexibility index (Phi) is 6.10. The van der Waals surface area contributed by atoms with Crippen LogP contribution >= 0.6 is 11.6 Å². The van der Waals surface area contributed by atoms with Crippen LogP contribution < -0.4 is 5.32 Å². The fraction of sp³-hybridized carbons (Fsp3) is 0.286. The first-order chi connectivity index (χ1) is 13.4. The predicted molar refractivity (Wildman–Crippen MR) is 114 cm³/mol. The van der Waals surface area contributed by atoms with Crippen LogP contribution in [0, 0.1) is 6.92 Å². The SMILES string of the molecule is CCCCc1c(NC(=O)CCl)c2ccccc2n1S(=O)(=O)c1ccc(C)cc1. The molecule has 1 heterocycles. The van der Waals surface area contributed by atoms with Gasteiger partial charge in [0.05, 0.1) is 21.8 Å². The van der Waals surface area contributed by atoms with Gasteiger partial charge in [0.1, 0.15) is 5.88 Å². The molecule has 0 bridgehead atoms. The molecule has 1 amide bonds. The van der Waals surface area contributed by atoms with Crippen molar-refractivity contribution in [2.45, 2.75) is 38.0 Å². The number of anilines is 1. The first-order valence-corrected chi connectivity index (χ1v) is 11.2. The number of nitrogens with zero attached hydrogens (tertiary/aromatic N) is 1. The number of hydrogen-bond acceptors (Lipinski definition) is 3. The topological polar surface area (TPSA) is 68.2 Å². The molecule has 0 spiro atoms. The van der Waals surface area contributed by atoms with Gasteiger partial charge in [0, 0.05) is 5.39 Å². The monoisotopic (exact) mass is 418 g/mol. The molecule has 7 heteroatoms. The minimum atomic E-state index is -3.83. The van der Waals surface area contributed by atoms with Crippen LogP contribution in [0.5, 0.6) is 0 Å². The lowest BCUT2D eigenvalue weighted by Crippen LogP contribution is -2.18. The Morgan fingerprint density at radius 1 is 1.11 bits per heavy atom. The second-order valence-corrected chi connectivity index (χ2v) is 8.76. The van der Waals surface area contributed by atoms with Crippen LogP contribution in [0.3, 0.4) is 0 Å². The van der Waals surface area contributed by atoms with Gasteiger partial charge in [0.15, 0.2) is 0 Å². The van der Waals surface area contributed by atoms with Crippen molar-refractivity contribution in [1.29, 1.82) is 0 Å². The number of unbranched alkanes of at least 4 members (excludes halogenated alkanes) is 1. The standard InChI is InChI=1S/C21H23ClN2O3S/c1-3-4-8-19-21(23-20(25)14-22)17-7-5-6-9-18(17)24(19)28(26,27)16-12-10-15(2)11-13-16/h5-7,9-13H,3-4,8,14H2,1-2H3,(H,23,25). The number of hydrogen-bond donors (Lipinski definition) is 1. The predicted octanol–water partition coefficient (Wildman–Crippen LogP) is 4.71. The number of aromatic nitrogens is 1. The first kappa shape index (κ1) is 20.4. The van der Waals surface area contributed by atoms with Crippen molar-refractivity contribution in [3.63, 3.8) is 0 Å². The van der Waals surface area contributed by atoms with Crippen LogP contribution in [-0.2, 0) is 21.2 Å². The zero-order valence-corrected chi connectivity index (χ0v) is 17.5. The lowest BCUT2D eigenvalue weighted by molar-refractivity contribution is -0.113. The third-order valence-electron chi connectivity index (χ3n) is 4.64. The molecule has 28 heavy (non-hydrogen) atoms. The highest BCUT2D eigenvalue weighted by molar-refractivity contribution is 7.90. The van der Waals surface area contributed by atoms with Crippen molar-refractivity contribution >= 4 is 44.1 Å². The Labute approximate surface area is 170 Å². The van der Waals surface area contributed by atoms with Gasteiger partial charge in [-0.05, 0) is 38.0 Å². The third kappa shape index (κ3) is 3.80. The van der Waals surface area contributed by atoms with E-state index in [1.807, 2.05) is 26.0 Å². The van der Waals surface area contributed by atoms with Crippen LogP contribution in [-0.4, -0.2) is 24.2 Å². The van der Waals surface area contributed by atoms with E-state index < -0.39 is 10.0 Å². The number of amides is 1. The van der Waals surface area contributed by atoms with Gasteiger partial charge in [-0.25, -0.2) is 12.4 Å². The van der Waals surface area contributed by atoms with E-state index in [0.29, 0.717) is 28.7 Å². The molecule has 1 aromatic heterocycles. The van der Waals surface area contributed by atoms with E-state index >= 15 is 0 Å². The fourth-order valence-electron chi connectivity index (χ4n) is 3.24. The van der Waals surface area contributed by atoms with E-state index in [1.165, 1.54) is 3.97 Å². The van der Waals surface area contributed by atoms with Crippen LogP contribution in [0.15, 0.2) is 53.4 Å². The number of nitrogens with one attached hydrogen (secondary N) is 1. The van der Waals surface area contributed by atoms with Crippen molar-refractivity contribution in [3.05, 3.63) is 59.8 Å². The van der Waals surface area contributed by atoms with Gasteiger partial charge in [-0.3, -0.25) is 4.79 Å². The lowest BCUT2D eigenvalue weighted by atomic mass is 10.1. The minimum Gasteiger partial charge on any atom is -0.323 e. The maximum Gasteiger partial charge on any atom is 0.268 e. The highest BCUT2D eigenvalue weighted by Crippen LogP contribution is 2.35. The molecular formula is C21H23ClN2O3S. The summed E-state index contributed by atoms with van der Waals surface area (Å²) in [5.41, 5.74) is 2.61. The van der Waals surface area contributed by atoms with Crippen LogP contribution in [0.25, 0.3) is 10.9 Å². The van der Waals surface area contributed by atoms with Crippen LogP contribution in [0.4, 0.5) is 5.69 Å². The Morgan fingerprint density at radius 2 is 1.79 bits per heavy atom. The molecule has 0 atom stereocenters. The van der Waals surface area contributed by atoms with Gasteiger partial charge < -0.3 is 5.32 Å². The summed E-state index contributed by atoms with van der Waals surface area (Å²) in [5, 5.41) is 3.49. The number of alkyl halides is 1. The average molecular weight is 419 g/mol. The maximum atomic E-state index is 13.5. The lowest BCUT2D eigenvalue weighted by Gasteiger charge is -2.13. The summed E-state index contributed by atoms with van der Waals surface area (Å²) in [6.07, 6.45) is 2.21. The normalized spacial score (nSPS) is 11.7. The largest absolute Gasteiger partial charge is 0.323 e. The molecule has 2 aromatic carbocycles. The molecule has 0 saturated carbocycles. The van der Waals surface area contributed by atoms with Crippen LogP contribution in [0.2, 0.25) is 0 Å². The van der Waals surface area contributed by atoms with Crippen molar-refractivity contribution in [1.82, 2.24) is 3.97 Å². The van der Waals surface area contributed by atoms with E-state index in [-0.39, 0.29) is 16.7 Å². The van der Waals surface area contributed by atoms with Gasteiger partial charge in [0.25, 0.3) is 10.0 Å². The smallest absolute Gasteiger partial charge is 0.268 e. The number of para-hydroxylation sites is 1. The van der Waals surface area contributed by atoms with Gasteiger partial charge >= 0.3 is 0 Å². The Morgan fingerprint density at radius 3 is 2.43 bits per heavy atom. The quantitative estimate of drug-likeness (QED) is 0.565. The van der Waals surface area contributed by atoms with Crippen molar-refractivity contribution in [3.8, 4) is 0 Å². The molecule has 0 aliphatic rings. The number of carbonyl (C=O) groups excluding carboxylic acids is 1. The number of fused-ring (bicyclic) bond motifs is 1. The fourth-order valence-corrected chi connectivity index (χ4v) is 4.89. The molecular weight excluding hydrogens is 396 g/mol. The van der Waals surface area contributed by atoms with E-state index in [4.69, 9.17) is 11.6 Å². The Balaban J connectivity index is 2.31. The number of carbonyl (C=O) groups is 1. The third-order valence-corrected chi connectivity index (χ3v) is 6.65. The zero-order chi connectivity index (χ0) is 20.3. The van der Waals surface area contributed by atoms with Crippen molar-refractivity contribution < 1.29 is 13.2 Å². The molecule has 0 unspecified atom stereocenters.